The summed E-state index contributed by atoms with van der Waals surface area (Å²) >= 11 is 0. The number of alkyl halides is 3. The lowest BCUT2D eigenvalue weighted by Crippen LogP contribution is -2.49. The van der Waals surface area contributed by atoms with Crippen LogP contribution >= 0.6 is 0 Å². The van der Waals surface area contributed by atoms with E-state index in [0.717, 1.165) is 57.2 Å². The fourth-order valence-corrected chi connectivity index (χ4v) is 4.29. The smallest absolute Gasteiger partial charge is 0.396 e. The lowest BCUT2D eigenvalue weighted by molar-refractivity contribution is -0.141. The monoisotopic (exact) mass is 512 g/mol. The summed E-state index contributed by atoms with van der Waals surface area (Å²) in [6, 6.07) is 9.30. The average molecular weight is 513 g/mol. The number of nitrogens with two attached hydrogens (primary N) is 1. The number of pyridine rings is 3. The summed E-state index contributed by atoms with van der Waals surface area (Å²) in [6.07, 6.45) is -1.88. The molecule has 4 N–H and O–H groups in total. The predicted octanol–water partition coefficient (Wildman–Crippen LogP) is 3.96. The third-order valence-electron chi connectivity index (χ3n) is 6.46. The molecule has 3 aromatic heterocycles. The molecule has 0 bridgehead atoms. The van der Waals surface area contributed by atoms with E-state index in [2.05, 4.69) is 43.9 Å². The summed E-state index contributed by atoms with van der Waals surface area (Å²) in [5, 5.41) is 11.2. The molecule has 8 nitrogen and oxygen atoms in total. The average Bonchev–Trinajstić information content (AvgIpc) is 2.88. The maximum absolute atomic E-state index is 13.1. The molecule has 1 aliphatic rings. The van der Waals surface area contributed by atoms with Gasteiger partial charge < -0.3 is 16.5 Å². The third kappa shape index (κ3) is 6.41. The predicted molar refractivity (Wildman–Crippen MR) is 140 cm³/mol. The fourth-order valence-electron chi connectivity index (χ4n) is 4.29. The van der Waals surface area contributed by atoms with Crippen molar-refractivity contribution in [2.45, 2.75) is 26.1 Å². The Labute approximate surface area is 213 Å². The van der Waals surface area contributed by atoms with E-state index in [0.29, 0.717) is 22.8 Å². The highest BCUT2D eigenvalue weighted by Gasteiger charge is 2.32. The van der Waals surface area contributed by atoms with E-state index < -0.39 is 11.9 Å². The molecule has 4 rings (SSSR count). The first kappa shape index (κ1) is 26.5. The minimum Gasteiger partial charge on any atom is -0.396 e. The van der Waals surface area contributed by atoms with Gasteiger partial charge in [-0.2, -0.15) is 13.2 Å². The minimum absolute atomic E-state index is 0.0623. The van der Waals surface area contributed by atoms with E-state index in [4.69, 9.17) is 11.1 Å². The topological polar surface area (TPSA) is 107 Å². The van der Waals surface area contributed by atoms with Gasteiger partial charge in [-0.05, 0) is 44.2 Å². The molecular formula is C26H31F3N8. The molecule has 1 aliphatic heterocycles. The first-order valence-corrected chi connectivity index (χ1v) is 12.2. The van der Waals surface area contributed by atoms with Gasteiger partial charge in [0.25, 0.3) is 0 Å². The van der Waals surface area contributed by atoms with Crippen LogP contribution in [0.4, 0.5) is 18.9 Å². The van der Waals surface area contributed by atoms with Gasteiger partial charge in [0.05, 0.1) is 40.0 Å². The summed E-state index contributed by atoms with van der Waals surface area (Å²) in [6.45, 7) is 10.4. The lowest BCUT2D eigenvalue weighted by Gasteiger charge is -2.36. The molecule has 37 heavy (non-hydrogen) atoms. The molecule has 3 aromatic rings. The Bertz CT molecular complexity index is 1280. The van der Waals surface area contributed by atoms with Gasteiger partial charge in [-0.1, -0.05) is 6.07 Å². The molecule has 0 unspecified atom stereocenters. The number of hydrogen-bond donors (Lipinski definition) is 3. The van der Waals surface area contributed by atoms with Gasteiger partial charge in [0.1, 0.15) is 5.69 Å². The minimum atomic E-state index is -4.60. The molecule has 0 amide bonds. The second kappa shape index (κ2) is 11.2. The molecular weight excluding hydrogens is 481 g/mol. The van der Waals surface area contributed by atoms with E-state index >= 15 is 0 Å². The third-order valence-corrected chi connectivity index (χ3v) is 6.46. The zero-order valence-electron chi connectivity index (χ0n) is 20.9. The Balaban J connectivity index is 1.49. The molecule has 0 aliphatic carbocycles. The van der Waals surface area contributed by atoms with Crippen LogP contribution < -0.4 is 11.1 Å². The number of piperazine rings is 1. The van der Waals surface area contributed by atoms with Gasteiger partial charge in [-0.25, -0.2) is 9.97 Å². The quantitative estimate of drug-likeness (QED) is 0.392. The lowest BCUT2D eigenvalue weighted by atomic mass is 10.1. The van der Waals surface area contributed by atoms with Crippen molar-refractivity contribution in [2.75, 3.05) is 44.6 Å². The number of allylic oxidation sites excluding steroid dienone is 1. The zero-order chi connectivity index (χ0) is 26.6. The second-order valence-corrected chi connectivity index (χ2v) is 9.23. The number of anilines is 1. The van der Waals surface area contributed by atoms with Crippen LogP contribution in [0.1, 0.15) is 30.9 Å². The number of nitrogens with zero attached hydrogens (tertiary/aromatic N) is 5. The Hall–Kier alpha value is -3.57. The highest BCUT2D eigenvalue weighted by Crippen LogP contribution is 2.29. The molecule has 196 valence electrons. The molecule has 0 atom stereocenters. The second-order valence-electron chi connectivity index (χ2n) is 9.23. The van der Waals surface area contributed by atoms with E-state index in [-0.39, 0.29) is 17.0 Å². The number of hydrogen-bond acceptors (Lipinski definition) is 8. The van der Waals surface area contributed by atoms with Crippen molar-refractivity contribution in [3.8, 4) is 0 Å². The van der Waals surface area contributed by atoms with Gasteiger partial charge in [0.15, 0.2) is 0 Å². The van der Waals surface area contributed by atoms with Crippen LogP contribution in [0.25, 0.3) is 22.3 Å². The van der Waals surface area contributed by atoms with Crippen molar-refractivity contribution in [3.05, 3.63) is 59.7 Å². The number of rotatable bonds is 8. The highest BCUT2D eigenvalue weighted by atomic mass is 19.4. The molecule has 4 heterocycles. The number of nitrogens with one attached hydrogen (secondary N) is 2. The SMILES string of the molecule is CC(C)N1CCN(CCNc2cnc3ccc(/C(C=N)=C(/N)c4cccc(C(F)(F)F)n4)nc3c2)CC1. The maximum atomic E-state index is 13.1. The van der Waals surface area contributed by atoms with Gasteiger partial charge >= 0.3 is 6.18 Å². The van der Waals surface area contributed by atoms with Gasteiger partial charge in [-0.15, -0.1) is 0 Å². The summed E-state index contributed by atoms with van der Waals surface area (Å²) in [4.78, 5) is 17.6. The van der Waals surface area contributed by atoms with Crippen LogP contribution in [-0.4, -0.2) is 76.3 Å². The molecule has 0 spiro atoms. The summed E-state index contributed by atoms with van der Waals surface area (Å²) in [7, 11) is 0. The van der Waals surface area contributed by atoms with Crippen LogP contribution in [-0.2, 0) is 6.18 Å². The summed E-state index contributed by atoms with van der Waals surface area (Å²) < 4.78 is 39.3. The number of halogens is 3. The molecule has 11 heteroatoms. The fraction of sp³-hybridized carbons (Fsp3) is 0.385. The Morgan fingerprint density at radius 1 is 1.08 bits per heavy atom. The first-order valence-electron chi connectivity index (χ1n) is 12.2. The Kier molecular flexibility index (Phi) is 8.03. The van der Waals surface area contributed by atoms with E-state index in [1.807, 2.05) is 6.07 Å². The van der Waals surface area contributed by atoms with Crippen molar-refractivity contribution in [1.29, 1.82) is 5.41 Å². The summed E-state index contributed by atoms with van der Waals surface area (Å²) in [5.41, 5.74) is 7.53. The van der Waals surface area contributed by atoms with Crippen molar-refractivity contribution in [2.24, 2.45) is 5.73 Å². The molecule has 1 saturated heterocycles. The van der Waals surface area contributed by atoms with Crippen molar-refractivity contribution >= 4 is 34.2 Å². The summed E-state index contributed by atoms with van der Waals surface area (Å²) in [5.74, 6) is 0. The largest absolute Gasteiger partial charge is 0.433 e. The normalized spacial score (nSPS) is 16.2. The molecule has 0 radical (unpaired) electrons. The van der Waals surface area contributed by atoms with Crippen LogP contribution in [0.15, 0.2) is 42.6 Å². The van der Waals surface area contributed by atoms with Gasteiger partial charge in [0, 0.05) is 57.1 Å². The maximum Gasteiger partial charge on any atom is 0.433 e. The standard InChI is InChI=1S/C26H31F3N8/c1-17(2)37-12-10-36(11-13-37)9-8-32-18-14-23-21(33-16-18)7-6-20(34-23)19(15-30)25(31)22-4-3-5-24(35-22)26(27,28)29/h3-7,14-17,30,32H,8-13,31H2,1-2H3/b25-19+,30-15?. The first-order chi connectivity index (χ1) is 17.7. The van der Waals surface area contributed by atoms with Gasteiger partial charge in [-0.3, -0.25) is 14.8 Å². The van der Waals surface area contributed by atoms with Crippen molar-refractivity contribution < 1.29 is 13.2 Å². The van der Waals surface area contributed by atoms with Crippen LogP contribution in [0.3, 0.4) is 0 Å². The van der Waals surface area contributed by atoms with Crippen molar-refractivity contribution in [3.63, 3.8) is 0 Å². The Morgan fingerprint density at radius 3 is 2.51 bits per heavy atom. The molecule has 0 saturated carbocycles. The molecule has 0 aromatic carbocycles. The highest BCUT2D eigenvalue weighted by molar-refractivity contribution is 6.17. The number of fused-ring (bicyclic) bond motifs is 1. The van der Waals surface area contributed by atoms with E-state index in [1.165, 1.54) is 12.1 Å². The van der Waals surface area contributed by atoms with E-state index in [1.54, 1.807) is 18.3 Å². The van der Waals surface area contributed by atoms with Crippen LogP contribution in [0.5, 0.6) is 0 Å². The van der Waals surface area contributed by atoms with Crippen LogP contribution in [0.2, 0.25) is 0 Å². The van der Waals surface area contributed by atoms with Crippen LogP contribution in [0, 0.1) is 5.41 Å². The van der Waals surface area contributed by atoms with E-state index in [9.17, 15) is 13.2 Å². The zero-order valence-corrected chi connectivity index (χ0v) is 20.9. The molecule has 1 fully saturated rings. The van der Waals surface area contributed by atoms with Gasteiger partial charge in [0.2, 0.25) is 0 Å². The van der Waals surface area contributed by atoms with Crippen molar-refractivity contribution in [1.82, 2.24) is 24.8 Å². The Morgan fingerprint density at radius 2 is 1.84 bits per heavy atom. The number of aromatic nitrogens is 3.